The van der Waals surface area contributed by atoms with Crippen molar-refractivity contribution in [2.24, 2.45) is 5.73 Å². The first-order chi connectivity index (χ1) is 8.13. The molecule has 0 saturated carbocycles. The van der Waals surface area contributed by atoms with Gasteiger partial charge in [0.1, 0.15) is 0 Å². The average Bonchev–Trinajstić information content (AvgIpc) is 2.77. The smallest absolute Gasteiger partial charge is 0.0566 e. The van der Waals surface area contributed by atoms with Gasteiger partial charge in [-0.05, 0) is 45.4 Å². The first kappa shape index (κ1) is 14.7. The summed E-state index contributed by atoms with van der Waals surface area (Å²) in [5, 5.41) is 0. The summed E-state index contributed by atoms with van der Waals surface area (Å²) in [6.07, 6.45) is 2.30. The van der Waals surface area contributed by atoms with E-state index in [1.54, 1.807) is 0 Å². The second-order valence-electron chi connectivity index (χ2n) is 4.74. The third-order valence-corrected chi connectivity index (χ3v) is 4.46. The molecule has 0 aliphatic heterocycles. The number of thiophene rings is 1. The van der Waals surface area contributed by atoms with Gasteiger partial charge in [-0.25, -0.2) is 0 Å². The molecule has 1 heterocycles. The van der Waals surface area contributed by atoms with Crippen molar-refractivity contribution in [3.8, 4) is 0 Å². The highest BCUT2D eigenvalue weighted by Crippen LogP contribution is 2.29. The van der Waals surface area contributed by atoms with Crippen LogP contribution < -0.4 is 5.73 Å². The molecule has 1 rings (SSSR count). The fourth-order valence-electron chi connectivity index (χ4n) is 2.21. The molecule has 0 fully saturated rings. The zero-order valence-corrected chi connectivity index (χ0v) is 12.4. The van der Waals surface area contributed by atoms with Gasteiger partial charge in [0.25, 0.3) is 0 Å². The Bertz CT molecular complexity index is 320. The number of hydrogen-bond donors (Lipinski definition) is 1. The molecule has 2 N–H and O–H groups in total. The fourth-order valence-corrected chi connectivity index (χ4v) is 3.30. The van der Waals surface area contributed by atoms with Gasteiger partial charge in [-0.3, -0.25) is 4.90 Å². The van der Waals surface area contributed by atoms with Crippen LogP contribution in [0.5, 0.6) is 0 Å². The standard InChI is InChI=1S/C14H26N2S/c1-5-9-16(11(3)4)13(10-15)14-8-7-12(6-2)17-14/h7-8,11,13H,5-6,9-10,15H2,1-4H3. The van der Waals surface area contributed by atoms with Crippen LogP contribution >= 0.6 is 11.3 Å². The van der Waals surface area contributed by atoms with Crippen molar-refractivity contribution in [2.45, 2.75) is 52.6 Å². The lowest BCUT2D eigenvalue weighted by molar-refractivity contribution is 0.160. The van der Waals surface area contributed by atoms with E-state index in [1.165, 1.54) is 16.2 Å². The molecule has 0 saturated heterocycles. The molecular formula is C14H26N2S. The molecule has 0 radical (unpaired) electrons. The molecule has 3 heteroatoms. The summed E-state index contributed by atoms with van der Waals surface area (Å²) in [6, 6.07) is 5.44. The van der Waals surface area contributed by atoms with Crippen molar-refractivity contribution < 1.29 is 0 Å². The largest absolute Gasteiger partial charge is 0.329 e. The number of nitrogens with two attached hydrogens (primary N) is 1. The van der Waals surface area contributed by atoms with E-state index in [0.29, 0.717) is 18.6 Å². The zero-order chi connectivity index (χ0) is 12.8. The Hall–Kier alpha value is -0.380. The van der Waals surface area contributed by atoms with Gasteiger partial charge >= 0.3 is 0 Å². The SMILES string of the molecule is CCCN(C(C)C)C(CN)c1ccc(CC)s1. The first-order valence-corrected chi connectivity index (χ1v) is 7.50. The van der Waals surface area contributed by atoms with Crippen molar-refractivity contribution >= 4 is 11.3 Å². The van der Waals surface area contributed by atoms with Crippen molar-refractivity contribution in [3.63, 3.8) is 0 Å². The number of hydrogen-bond acceptors (Lipinski definition) is 3. The Morgan fingerprint density at radius 2 is 2.00 bits per heavy atom. The summed E-state index contributed by atoms with van der Waals surface area (Å²) in [7, 11) is 0. The third kappa shape index (κ3) is 3.80. The first-order valence-electron chi connectivity index (χ1n) is 6.68. The Labute approximate surface area is 110 Å². The highest BCUT2D eigenvalue weighted by Gasteiger charge is 2.22. The van der Waals surface area contributed by atoms with Gasteiger partial charge in [-0.1, -0.05) is 13.8 Å². The van der Waals surface area contributed by atoms with E-state index in [2.05, 4.69) is 44.7 Å². The molecule has 0 bridgehead atoms. The topological polar surface area (TPSA) is 29.3 Å². The molecule has 1 unspecified atom stereocenters. The Balaban J connectivity index is 2.87. The van der Waals surface area contributed by atoms with E-state index in [1.807, 2.05) is 11.3 Å². The molecule has 0 aliphatic carbocycles. The quantitative estimate of drug-likeness (QED) is 0.807. The predicted molar refractivity (Wildman–Crippen MR) is 77.6 cm³/mol. The highest BCUT2D eigenvalue weighted by atomic mass is 32.1. The van der Waals surface area contributed by atoms with Crippen LogP contribution in [0, 0.1) is 0 Å². The van der Waals surface area contributed by atoms with Crippen LogP contribution in [0.1, 0.15) is 49.9 Å². The van der Waals surface area contributed by atoms with Gasteiger partial charge in [-0.15, -0.1) is 11.3 Å². The summed E-state index contributed by atoms with van der Waals surface area (Å²) in [6.45, 7) is 10.8. The maximum Gasteiger partial charge on any atom is 0.0566 e. The van der Waals surface area contributed by atoms with Crippen molar-refractivity contribution in [3.05, 3.63) is 21.9 Å². The Morgan fingerprint density at radius 1 is 1.29 bits per heavy atom. The molecule has 1 aromatic rings. The minimum absolute atomic E-state index is 0.389. The normalized spacial score (nSPS) is 13.6. The Morgan fingerprint density at radius 3 is 2.41 bits per heavy atom. The zero-order valence-electron chi connectivity index (χ0n) is 11.6. The lowest BCUT2D eigenvalue weighted by Gasteiger charge is -2.33. The van der Waals surface area contributed by atoms with Gasteiger partial charge in [-0.2, -0.15) is 0 Å². The predicted octanol–water partition coefficient (Wildman–Crippen LogP) is 3.43. The number of rotatable bonds is 7. The minimum Gasteiger partial charge on any atom is -0.329 e. The monoisotopic (exact) mass is 254 g/mol. The maximum atomic E-state index is 5.99. The average molecular weight is 254 g/mol. The van der Waals surface area contributed by atoms with Gasteiger partial charge in [0.15, 0.2) is 0 Å². The summed E-state index contributed by atoms with van der Waals surface area (Å²) in [5.41, 5.74) is 5.99. The number of aryl methyl sites for hydroxylation is 1. The van der Waals surface area contributed by atoms with E-state index < -0.39 is 0 Å². The third-order valence-electron chi connectivity index (χ3n) is 3.13. The van der Waals surface area contributed by atoms with Crippen LogP contribution in [-0.4, -0.2) is 24.0 Å². The van der Waals surface area contributed by atoms with Gasteiger partial charge in [0, 0.05) is 22.3 Å². The van der Waals surface area contributed by atoms with Crippen LogP contribution in [0.25, 0.3) is 0 Å². The summed E-state index contributed by atoms with van der Waals surface area (Å²) in [4.78, 5) is 5.40. The van der Waals surface area contributed by atoms with E-state index >= 15 is 0 Å². The maximum absolute atomic E-state index is 5.99. The molecule has 0 spiro atoms. The molecule has 1 aromatic heterocycles. The summed E-state index contributed by atoms with van der Waals surface area (Å²) < 4.78 is 0. The molecule has 2 nitrogen and oxygen atoms in total. The molecule has 0 aliphatic rings. The van der Waals surface area contributed by atoms with E-state index in [4.69, 9.17) is 5.73 Å². The summed E-state index contributed by atoms with van der Waals surface area (Å²) in [5.74, 6) is 0. The van der Waals surface area contributed by atoms with Crippen LogP contribution in [0.2, 0.25) is 0 Å². The van der Waals surface area contributed by atoms with Crippen molar-refractivity contribution in [2.75, 3.05) is 13.1 Å². The minimum atomic E-state index is 0.389. The molecule has 0 amide bonds. The van der Waals surface area contributed by atoms with E-state index in [9.17, 15) is 0 Å². The molecule has 1 atom stereocenters. The van der Waals surface area contributed by atoms with Crippen molar-refractivity contribution in [1.82, 2.24) is 4.90 Å². The second kappa shape index (κ2) is 7.14. The second-order valence-corrected chi connectivity index (χ2v) is 5.94. The van der Waals surface area contributed by atoms with Gasteiger partial charge < -0.3 is 5.73 Å². The van der Waals surface area contributed by atoms with Crippen molar-refractivity contribution in [1.29, 1.82) is 0 Å². The van der Waals surface area contributed by atoms with Crippen LogP contribution in [0.3, 0.4) is 0 Å². The molecule has 98 valence electrons. The lowest BCUT2D eigenvalue weighted by atomic mass is 10.1. The van der Waals surface area contributed by atoms with Gasteiger partial charge in [0.2, 0.25) is 0 Å². The summed E-state index contributed by atoms with van der Waals surface area (Å²) >= 11 is 1.92. The Kier molecular flexibility index (Phi) is 6.17. The number of nitrogens with zero attached hydrogens (tertiary/aromatic N) is 1. The molecular weight excluding hydrogens is 228 g/mol. The van der Waals surface area contributed by atoms with Crippen LogP contribution in [-0.2, 0) is 6.42 Å². The van der Waals surface area contributed by atoms with Crippen LogP contribution in [0.15, 0.2) is 12.1 Å². The highest BCUT2D eigenvalue weighted by molar-refractivity contribution is 7.12. The molecule has 17 heavy (non-hydrogen) atoms. The van der Waals surface area contributed by atoms with E-state index in [0.717, 1.165) is 13.0 Å². The van der Waals surface area contributed by atoms with Gasteiger partial charge in [0.05, 0.1) is 6.04 Å². The van der Waals surface area contributed by atoms with E-state index in [-0.39, 0.29) is 0 Å². The fraction of sp³-hybridized carbons (Fsp3) is 0.714. The lowest BCUT2D eigenvalue weighted by Crippen LogP contribution is -2.38. The molecule has 0 aromatic carbocycles. The van der Waals surface area contributed by atoms with Crippen LogP contribution in [0.4, 0.5) is 0 Å².